The number of aliphatic carboxylic acids is 1. The molecule has 3 aliphatic rings. The van der Waals surface area contributed by atoms with E-state index >= 15 is 0 Å². The van der Waals surface area contributed by atoms with Crippen LogP contribution in [0.25, 0.3) is 0 Å². The highest BCUT2D eigenvalue weighted by atomic mass is 16.4. The standard InChI is InChI=1S/C28H40O2/c1-19-9-7-13-27(3,4)24(19)12-11-21-15-22(18-25(29)30)17-23(16-21)26-20(2)10-8-14-28(26,5)6/h11-12,15,18,23H,7-10,13-14,16-17H2,1-6H3,(H,29,30)/b12-11+,22-18+/t23-/m1/s1. The van der Waals surface area contributed by atoms with Crippen molar-refractivity contribution in [3.63, 3.8) is 0 Å². The normalized spacial score (nSPS) is 28.3. The van der Waals surface area contributed by atoms with Crippen molar-refractivity contribution in [2.45, 2.75) is 92.9 Å². The summed E-state index contributed by atoms with van der Waals surface area (Å²) in [5, 5.41) is 9.40. The van der Waals surface area contributed by atoms with Gasteiger partial charge in [0.25, 0.3) is 0 Å². The van der Waals surface area contributed by atoms with Crippen molar-refractivity contribution in [2.75, 3.05) is 0 Å². The lowest BCUT2D eigenvalue weighted by Crippen LogP contribution is -2.27. The van der Waals surface area contributed by atoms with E-state index in [1.54, 1.807) is 5.57 Å². The van der Waals surface area contributed by atoms with Crippen LogP contribution in [0.1, 0.15) is 92.9 Å². The first-order chi connectivity index (χ1) is 14.0. The minimum atomic E-state index is -0.842. The zero-order valence-corrected chi connectivity index (χ0v) is 19.9. The van der Waals surface area contributed by atoms with Gasteiger partial charge in [0.15, 0.2) is 0 Å². The molecule has 0 amide bonds. The molecule has 3 rings (SSSR count). The lowest BCUT2D eigenvalue weighted by atomic mass is 9.64. The summed E-state index contributed by atoms with van der Waals surface area (Å²) in [6, 6.07) is 0. The van der Waals surface area contributed by atoms with Crippen LogP contribution in [0.3, 0.4) is 0 Å². The Morgan fingerprint density at radius 3 is 2.20 bits per heavy atom. The van der Waals surface area contributed by atoms with Crippen LogP contribution in [0.2, 0.25) is 0 Å². The lowest BCUT2D eigenvalue weighted by Gasteiger charge is -2.41. The number of carboxylic acid groups (broad SMARTS) is 1. The van der Waals surface area contributed by atoms with E-state index in [0.29, 0.717) is 5.92 Å². The molecule has 0 aliphatic heterocycles. The predicted molar refractivity (Wildman–Crippen MR) is 126 cm³/mol. The maximum atomic E-state index is 11.4. The van der Waals surface area contributed by atoms with Gasteiger partial charge in [-0.15, -0.1) is 0 Å². The maximum Gasteiger partial charge on any atom is 0.328 e. The van der Waals surface area contributed by atoms with Crippen LogP contribution >= 0.6 is 0 Å². The first-order valence-electron chi connectivity index (χ1n) is 11.7. The molecule has 0 saturated heterocycles. The van der Waals surface area contributed by atoms with E-state index in [0.717, 1.165) is 18.4 Å². The molecule has 0 bridgehead atoms. The van der Waals surface area contributed by atoms with Crippen molar-refractivity contribution in [3.8, 4) is 0 Å². The molecule has 164 valence electrons. The molecule has 2 heteroatoms. The van der Waals surface area contributed by atoms with Gasteiger partial charge in [-0.2, -0.15) is 0 Å². The van der Waals surface area contributed by atoms with E-state index in [2.05, 4.69) is 59.8 Å². The summed E-state index contributed by atoms with van der Waals surface area (Å²) >= 11 is 0. The minimum absolute atomic E-state index is 0.206. The molecular weight excluding hydrogens is 368 g/mol. The second-order valence-electron chi connectivity index (χ2n) is 11.1. The third kappa shape index (κ3) is 5.07. The van der Waals surface area contributed by atoms with Crippen molar-refractivity contribution in [1.82, 2.24) is 0 Å². The Bertz CT molecular complexity index is 855. The first-order valence-corrected chi connectivity index (χ1v) is 11.7. The molecule has 30 heavy (non-hydrogen) atoms. The lowest BCUT2D eigenvalue weighted by molar-refractivity contribution is -0.131. The van der Waals surface area contributed by atoms with E-state index in [9.17, 15) is 9.90 Å². The Morgan fingerprint density at radius 1 is 0.967 bits per heavy atom. The van der Waals surface area contributed by atoms with Crippen LogP contribution in [0.5, 0.6) is 0 Å². The van der Waals surface area contributed by atoms with E-state index in [1.807, 2.05) is 0 Å². The average molecular weight is 409 g/mol. The quantitative estimate of drug-likeness (QED) is 0.378. The highest BCUT2D eigenvalue weighted by Gasteiger charge is 2.35. The largest absolute Gasteiger partial charge is 0.478 e. The Kier molecular flexibility index (Phi) is 6.65. The van der Waals surface area contributed by atoms with Gasteiger partial charge in [0, 0.05) is 6.08 Å². The smallest absolute Gasteiger partial charge is 0.328 e. The molecule has 0 aromatic carbocycles. The van der Waals surface area contributed by atoms with Crippen LogP contribution < -0.4 is 0 Å². The summed E-state index contributed by atoms with van der Waals surface area (Å²) in [5.74, 6) is -0.434. The predicted octanol–water partition coefficient (Wildman–Crippen LogP) is 7.94. The Hall–Kier alpha value is -1.83. The zero-order valence-electron chi connectivity index (χ0n) is 19.9. The van der Waals surface area contributed by atoms with Crippen molar-refractivity contribution in [3.05, 3.63) is 57.7 Å². The van der Waals surface area contributed by atoms with Crippen LogP contribution in [0, 0.1) is 16.7 Å². The van der Waals surface area contributed by atoms with Crippen molar-refractivity contribution >= 4 is 5.97 Å². The zero-order chi connectivity index (χ0) is 22.1. The van der Waals surface area contributed by atoms with Crippen molar-refractivity contribution in [2.24, 2.45) is 16.7 Å². The molecule has 0 spiro atoms. The molecule has 0 aromatic rings. The van der Waals surface area contributed by atoms with Gasteiger partial charge >= 0.3 is 5.97 Å². The molecule has 1 N–H and O–H groups in total. The molecule has 3 aliphatic carbocycles. The maximum absolute atomic E-state index is 11.4. The third-order valence-electron chi connectivity index (χ3n) is 7.60. The Balaban J connectivity index is 1.96. The van der Waals surface area contributed by atoms with Gasteiger partial charge < -0.3 is 5.11 Å². The molecule has 0 heterocycles. The Labute approximate surface area is 183 Å². The van der Waals surface area contributed by atoms with Crippen molar-refractivity contribution < 1.29 is 9.90 Å². The fourth-order valence-corrected chi connectivity index (χ4v) is 6.32. The van der Waals surface area contributed by atoms with Gasteiger partial charge in [0.1, 0.15) is 0 Å². The van der Waals surface area contributed by atoms with Gasteiger partial charge in [0.05, 0.1) is 0 Å². The molecule has 0 fully saturated rings. The summed E-state index contributed by atoms with van der Waals surface area (Å²) in [6.07, 6.45) is 17.4. The van der Waals surface area contributed by atoms with E-state index < -0.39 is 5.97 Å². The number of rotatable bonds is 4. The van der Waals surface area contributed by atoms with Crippen LogP contribution in [0.4, 0.5) is 0 Å². The summed E-state index contributed by atoms with van der Waals surface area (Å²) in [5.41, 5.74) is 8.73. The highest BCUT2D eigenvalue weighted by molar-refractivity contribution is 5.81. The molecular formula is C28H40O2. The van der Waals surface area contributed by atoms with E-state index in [4.69, 9.17) is 0 Å². The number of carboxylic acids is 1. The molecule has 0 radical (unpaired) electrons. The first kappa shape index (κ1) is 22.8. The van der Waals surface area contributed by atoms with Crippen LogP contribution in [-0.4, -0.2) is 11.1 Å². The number of hydrogen-bond acceptors (Lipinski definition) is 1. The Morgan fingerprint density at radius 2 is 1.60 bits per heavy atom. The van der Waals surface area contributed by atoms with Gasteiger partial charge in [-0.1, -0.05) is 62.6 Å². The molecule has 0 unspecified atom stereocenters. The second-order valence-corrected chi connectivity index (χ2v) is 11.1. The average Bonchev–Trinajstić information content (AvgIpc) is 2.59. The number of carbonyl (C=O) groups is 1. The fourth-order valence-electron chi connectivity index (χ4n) is 6.32. The van der Waals surface area contributed by atoms with Gasteiger partial charge in [0.2, 0.25) is 0 Å². The van der Waals surface area contributed by atoms with Crippen molar-refractivity contribution in [1.29, 1.82) is 0 Å². The van der Waals surface area contributed by atoms with E-state index in [1.165, 1.54) is 66.9 Å². The third-order valence-corrected chi connectivity index (χ3v) is 7.60. The second kappa shape index (κ2) is 8.73. The molecule has 1 atom stereocenters. The van der Waals surface area contributed by atoms with Gasteiger partial charge in [-0.3, -0.25) is 0 Å². The summed E-state index contributed by atoms with van der Waals surface area (Å²) in [6.45, 7) is 14.0. The van der Waals surface area contributed by atoms with Crippen LogP contribution in [0.15, 0.2) is 57.7 Å². The number of allylic oxidation sites excluding steroid dienone is 9. The van der Waals surface area contributed by atoms with Gasteiger partial charge in [-0.25, -0.2) is 4.79 Å². The summed E-state index contributed by atoms with van der Waals surface area (Å²) < 4.78 is 0. The summed E-state index contributed by atoms with van der Waals surface area (Å²) in [4.78, 5) is 11.4. The topological polar surface area (TPSA) is 37.3 Å². The van der Waals surface area contributed by atoms with E-state index in [-0.39, 0.29) is 10.8 Å². The number of hydrogen-bond donors (Lipinski definition) is 1. The van der Waals surface area contributed by atoms with Gasteiger partial charge in [-0.05, 0) is 98.7 Å². The molecule has 2 nitrogen and oxygen atoms in total. The summed E-state index contributed by atoms with van der Waals surface area (Å²) in [7, 11) is 0. The fraction of sp³-hybridized carbons (Fsp3) is 0.607. The monoisotopic (exact) mass is 408 g/mol. The molecule has 0 saturated carbocycles. The SMILES string of the molecule is CC1=C(/C=C/C2=CC(=C\C(=O)O)/C[C@H](C3=C(C)CCCC3(C)C)C2)C(C)(C)CCC1. The van der Waals surface area contributed by atoms with Crippen LogP contribution in [-0.2, 0) is 4.79 Å². The minimum Gasteiger partial charge on any atom is -0.478 e. The molecule has 0 aromatic heterocycles. The highest BCUT2D eigenvalue weighted by Crippen LogP contribution is 2.49.